The highest BCUT2D eigenvalue weighted by Gasteiger charge is 2.44. The highest BCUT2D eigenvalue weighted by atomic mass is 15.2. The summed E-state index contributed by atoms with van der Waals surface area (Å²) in [4.78, 5) is 3.32. The largest absolute Gasteiger partial charge is 0.311 e. The van der Waals surface area contributed by atoms with E-state index in [9.17, 15) is 19.2 Å². The summed E-state index contributed by atoms with van der Waals surface area (Å²) in [7, 11) is 0. The lowest BCUT2D eigenvalue weighted by molar-refractivity contribution is 1.21. The molecule has 3 nitrogen and oxygen atoms in total. The average molecular weight is 707 g/mol. The molecule has 0 amide bonds. The number of nitrogens with zero attached hydrogens (tertiary/aromatic N) is 3. The minimum absolute atomic E-state index is 0.000970. The van der Waals surface area contributed by atoms with Crippen LogP contribution in [0.2, 0.25) is 0 Å². The Hall–Kier alpha value is -6.00. The van der Waals surface area contributed by atoms with Crippen molar-refractivity contribution in [1.29, 1.82) is 0 Å². The van der Waals surface area contributed by atoms with Crippen LogP contribution in [0.25, 0.3) is 0 Å². The van der Waals surface area contributed by atoms with Gasteiger partial charge in [-0.05, 0) is 149 Å². The third kappa shape index (κ3) is 5.52. The van der Waals surface area contributed by atoms with Crippen molar-refractivity contribution < 1.29 is 28.8 Å². The summed E-state index contributed by atoms with van der Waals surface area (Å²) in [5.41, 5.74) is -3.28. The van der Waals surface area contributed by atoms with E-state index in [1.54, 1.807) is 13.8 Å². The number of anilines is 9. The van der Waals surface area contributed by atoms with Crippen molar-refractivity contribution in [3.05, 3.63) is 178 Å². The zero-order valence-corrected chi connectivity index (χ0v) is 30.1. The van der Waals surface area contributed by atoms with E-state index in [1.807, 2.05) is 0 Å². The Balaban J connectivity index is 1.65. The van der Waals surface area contributed by atoms with Gasteiger partial charge >= 0.3 is 0 Å². The molecule has 0 atom stereocenters. The Morgan fingerprint density at radius 3 is 1.36 bits per heavy atom. The van der Waals surface area contributed by atoms with E-state index in [2.05, 4.69) is 0 Å². The molecule has 258 valence electrons. The first-order valence-electron chi connectivity index (χ1n) is 27.5. The molecule has 0 N–H and O–H groups in total. The number of rotatable bonds is 5. The number of hydrogen-bond acceptors (Lipinski definition) is 3. The fourth-order valence-electron chi connectivity index (χ4n) is 6.81. The number of hydrogen-bond donors (Lipinski definition) is 0. The molecule has 0 radical (unpaired) electrons. The minimum atomic E-state index is -1.45. The summed E-state index contributed by atoms with van der Waals surface area (Å²) < 4.78 is 197. The quantitative estimate of drug-likeness (QED) is 0.165. The second-order valence-corrected chi connectivity index (χ2v) is 13.3. The molecule has 0 saturated carbocycles. The van der Waals surface area contributed by atoms with Gasteiger partial charge in [-0.25, -0.2) is 0 Å². The summed E-state index contributed by atoms with van der Waals surface area (Å²) in [5.74, 6) is 0. The van der Waals surface area contributed by atoms with Gasteiger partial charge in [0.2, 0.25) is 0 Å². The summed E-state index contributed by atoms with van der Waals surface area (Å²) in [5, 5.41) is 0. The molecule has 4 heteroatoms. The van der Waals surface area contributed by atoms with Crippen molar-refractivity contribution in [1.82, 2.24) is 0 Å². The molecule has 53 heavy (non-hydrogen) atoms. The van der Waals surface area contributed by atoms with Crippen molar-refractivity contribution >= 4 is 74.3 Å². The monoisotopic (exact) mass is 706 g/mol. The molecular weight excluding hydrogens is 641 g/mol. The van der Waals surface area contributed by atoms with Gasteiger partial charge in [-0.3, -0.25) is 0 Å². The van der Waals surface area contributed by atoms with E-state index in [1.165, 1.54) is 51.7 Å². The Kier molecular flexibility index (Phi) is 4.09. The predicted octanol–water partition coefficient (Wildman–Crippen LogP) is 11.4. The lowest BCUT2D eigenvalue weighted by Gasteiger charge is -2.45. The van der Waals surface area contributed by atoms with Crippen LogP contribution in [0.4, 0.5) is 51.2 Å². The molecule has 0 fully saturated rings. The highest BCUT2D eigenvalue weighted by Crippen LogP contribution is 2.48. The molecule has 7 aromatic rings. The normalized spacial score (nSPS) is 18.2. The van der Waals surface area contributed by atoms with E-state index in [0.29, 0.717) is 0 Å². The first-order chi connectivity index (χ1) is 34.5. The van der Waals surface area contributed by atoms with Gasteiger partial charge < -0.3 is 14.7 Å². The van der Waals surface area contributed by atoms with Crippen LogP contribution in [0.1, 0.15) is 67.7 Å². The highest BCUT2D eigenvalue weighted by molar-refractivity contribution is 7.00. The van der Waals surface area contributed by atoms with Crippen molar-refractivity contribution in [2.24, 2.45) is 0 Å². The van der Waals surface area contributed by atoms with Crippen LogP contribution in [0.5, 0.6) is 0 Å². The maximum Gasteiger partial charge on any atom is 0.252 e. The Morgan fingerprint density at radius 1 is 0.415 bits per heavy atom. The van der Waals surface area contributed by atoms with Gasteiger partial charge in [-0.1, -0.05) is 94.3 Å². The lowest BCUT2D eigenvalue weighted by atomic mass is 9.33. The maximum absolute atomic E-state index is 9.84. The van der Waals surface area contributed by atoms with E-state index >= 15 is 0 Å². The van der Waals surface area contributed by atoms with Gasteiger partial charge in [0, 0.05) is 45.5 Å². The Labute approximate surface area is 344 Å². The van der Waals surface area contributed by atoms with Crippen molar-refractivity contribution in [3.63, 3.8) is 0 Å². The van der Waals surface area contributed by atoms with Crippen LogP contribution < -0.4 is 31.1 Å². The van der Waals surface area contributed by atoms with Gasteiger partial charge in [-0.2, -0.15) is 0 Å². The maximum atomic E-state index is 9.84. The van der Waals surface area contributed by atoms with Crippen molar-refractivity contribution in [2.75, 3.05) is 14.7 Å². The van der Waals surface area contributed by atoms with Gasteiger partial charge in [0.05, 0.1) is 34.5 Å². The average Bonchev–Trinajstić information content (AvgIpc) is 3.38. The summed E-state index contributed by atoms with van der Waals surface area (Å²) in [6.45, 7) is 8.60. The molecule has 0 aromatic heterocycles. The fraction of sp³-hybridized carbons (Fsp3) is 0.143. The van der Waals surface area contributed by atoms with Crippen LogP contribution in [0.3, 0.4) is 0 Å². The first kappa shape index (κ1) is 17.2. The zero-order valence-electron chi connectivity index (χ0n) is 51.1. The SMILES string of the molecule is [2H]c1c([2H])c(N(c2cc3c4c(c2)N(c2c([2H])c([2H])c(C)c(C)c2[2H])c2c([2H])c([2H])c(C)c([2H])c2B4c2c([2H])c(C)c([2H])c([2H])c2N3c2c([2H])c([2H])c(C)c([2H])c2[2H])c2c([2H])c([2H])c(C)c([2H])c2[2H])c([2H])c([2H])c1C. The topological polar surface area (TPSA) is 9.72 Å². The van der Waals surface area contributed by atoms with Crippen molar-refractivity contribution in [3.8, 4) is 0 Å². The summed E-state index contributed by atoms with van der Waals surface area (Å²) in [6.07, 6.45) is 0. The molecule has 0 aliphatic carbocycles. The van der Waals surface area contributed by atoms with E-state index in [4.69, 9.17) is 9.60 Å². The number of fused-ring (bicyclic) bond motifs is 4. The second-order valence-electron chi connectivity index (χ2n) is 13.3. The molecule has 0 bridgehead atoms. The fourth-order valence-corrected chi connectivity index (χ4v) is 6.81. The van der Waals surface area contributed by atoms with Crippen molar-refractivity contribution in [2.45, 2.75) is 48.5 Å². The second kappa shape index (κ2) is 12.6. The van der Waals surface area contributed by atoms with E-state index < -0.39 is 126 Å². The van der Waals surface area contributed by atoms with E-state index in [0.717, 1.165) is 9.80 Å². The molecule has 2 aliphatic rings. The summed E-state index contributed by atoms with van der Waals surface area (Å²) in [6, 6.07) is -8.66. The Morgan fingerprint density at radius 2 is 0.849 bits per heavy atom. The summed E-state index contributed by atoms with van der Waals surface area (Å²) >= 11 is 0. The molecule has 2 aliphatic heterocycles. The van der Waals surface area contributed by atoms with Crippen LogP contribution in [0.15, 0.2) is 139 Å². The zero-order chi connectivity index (χ0) is 54.8. The van der Waals surface area contributed by atoms with Gasteiger partial charge in [0.15, 0.2) is 0 Å². The molecule has 0 spiro atoms. The van der Waals surface area contributed by atoms with Gasteiger partial charge in [-0.15, -0.1) is 0 Å². The minimum Gasteiger partial charge on any atom is -0.311 e. The Bertz CT molecular complexity index is 3410. The molecule has 0 saturated heterocycles. The van der Waals surface area contributed by atoms with Crippen LogP contribution in [-0.4, -0.2) is 6.71 Å². The van der Waals surface area contributed by atoms with Gasteiger partial charge in [0.25, 0.3) is 6.71 Å². The standard InChI is InChI=1S/C49H44BN3/c1-31-8-17-38(18-9-31)51(39-19-10-32(2)11-20-39)42-29-47-49-48(30-42)53(41-23-16-36(6)37(7)28-41)46-25-15-35(5)27-44(46)50(49)43-26-34(4)14-24-45(43)52(47)40-21-12-33(3)13-22-40/h8-30H,1-7H3/i8D,9D,10D,11D,12D,13D,14D,15D,16D,17D,18D,19D,20D,21D,22D,23D,24D,25D,26D,27D,28D. The van der Waals surface area contributed by atoms with Crippen LogP contribution in [0, 0.1) is 48.5 Å². The first-order valence-corrected chi connectivity index (χ1v) is 17.0. The smallest absolute Gasteiger partial charge is 0.252 e. The van der Waals surface area contributed by atoms with E-state index in [-0.39, 0.29) is 114 Å². The molecule has 9 rings (SSSR count). The molecule has 2 heterocycles. The molecule has 0 unspecified atom stereocenters. The van der Waals surface area contributed by atoms with Gasteiger partial charge in [0.1, 0.15) is 0 Å². The van der Waals surface area contributed by atoms with Crippen LogP contribution in [-0.2, 0) is 0 Å². The lowest BCUT2D eigenvalue weighted by Crippen LogP contribution is -2.61. The molecular formula is C49H44BN3. The number of benzene rings is 7. The van der Waals surface area contributed by atoms with Crippen LogP contribution >= 0.6 is 0 Å². The predicted molar refractivity (Wildman–Crippen MR) is 228 cm³/mol. The molecule has 7 aromatic carbocycles. The third-order valence-electron chi connectivity index (χ3n) is 9.41. The third-order valence-corrected chi connectivity index (χ3v) is 9.41.